The van der Waals surface area contributed by atoms with Gasteiger partial charge in [0.05, 0.1) is 23.7 Å². The van der Waals surface area contributed by atoms with Crippen LogP contribution < -0.4 is 0 Å². The molecule has 1 unspecified atom stereocenters. The van der Waals surface area contributed by atoms with Gasteiger partial charge in [-0.05, 0) is 68.6 Å². The number of hydrogen-bond donors (Lipinski definition) is 1. The van der Waals surface area contributed by atoms with Crippen LogP contribution in [0.3, 0.4) is 0 Å². The SMILES string of the molecule is Cc1cccc(-n2cc(CN3CCC(C(O)c4ccccn4)CC3)cn2)c1. The molecule has 3 aromatic rings. The molecule has 1 saturated heterocycles. The second kappa shape index (κ2) is 8.03. The van der Waals surface area contributed by atoms with Crippen LogP contribution in [0.15, 0.2) is 61.1 Å². The first-order valence-corrected chi connectivity index (χ1v) is 9.61. The molecule has 3 heterocycles. The first-order chi connectivity index (χ1) is 13.2. The van der Waals surface area contributed by atoms with E-state index in [9.17, 15) is 5.11 Å². The molecular formula is C22H26N4O. The van der Waals surface area contributed by atoms with Crippen molar-refractivity contribution in [3.8, 4) is 5.69 Å². The number of aromatic nitrogens is 3. The van der Waals surface area contributed by atoms with E-state index in [-0.39, 0.29) is 5.92 Å². The third-order valence-electron chi connectivity index (χ3n) is 5.38. The zero-order valence-corrected chi connectivity index (χ0v) is 15.7. The Morgan fingerprint density at radius 2 is 2.00 bits per heavy atom. The summed E-state index contributed by atoms with van der Waals surface area (Å²) in [5.41, 5.74) is 4.34. The summed E-state index contributed by atoms with van der Waals surface area (Å²) < 4.78 is 1.94. The van der Waals surface area contributed by atoms with Gasteiger partial charge in [-0.25, -0.2) is 4.68 Å². The highest BCUT2D eigenvalue weighted by atomic mass is 16.3. The van der Waals surface area contributed by atoms with Gasteiger partial charge in [0.15, 0.2) is 0 Å². The van der Waals surface area contributed by atoms with Crippen LogP contribution >= 0.6 is 0 Å². The van der Waals surface area contributed by atoms with Crippen LogP contribution in [0.1, 0.15) is 35.8 Å². The second-order valence-electron chi connectivity index (χ2n) is 7.45. The maximum absolute atomic E-state index is 10.6. The molecule has 5 nitrogen and oxygen atoms in total. The van der Waals surface area contributed by atoms with Gasteiger partial charge in [-0.15, -0.1) is 0 Å². The number of benzene rings is 1. The summed E-state index contributed by atoms with van der Waals surface area (Å²) in [7, 11) is 0. The maximum atomic E-state index is 10.6. The lowest BCUT2D eigenvalue weighted by molar-refractivity contribution is 0.0540. The fourth-order valence-corrected chi connectivity index (χ4v) is 3.83. The van der Waals surface area contributed by atoms with Crippen LogP contribution in [0.4, 0.5) is 0 Å². The van der Waals surface area contributed by atoms with Crippen molar-refractivity contribution >= 4 is 0 Å². The van der Waals surface area contributed by atoms with Gasteiger partial charge in [0.25, 0.3) is 0 Å². The smallest absolute Gasteiger partial charge is 0.0988 e. The summed E-state index contributed by atoms with van der Waals surface area (Å²) in [5.74, 6) is 0.283. The summed E-state index contributed by atoms with van der Waals surface area (Å²) in [6.45, 7) is 4.98. The molecule has 1 fully saturated rings. The summed E-state index contributed by atoms with van der Waals surface area (Å²) in [6.07, 6.45) is 7.34. The molecule has 0 amide bonds. The number of pyridine rings is 1. The molecule has 140 valence electrons. The maximum Gasteiger partial charge on any atom is 0.0988 e. The highest BCUT2D eigenvalue weighted by Crippen LogP contribution is 2.30. The topological polar surface area (TPSA) is 54.2 Å². The molecule has 0 bridgehead atoms. The highest BCUT2D eigenvalue weighted by Gasteiger charge is 2.27. The number of piperidine rings is 1. The van der Waals surface area contributed by atoms with Gasteiger partial charge in [-0.1, -0.05) is 18.2 Å². The lowest BCUT2D eigenvalue weighted by atomic mass is 9.89. The molecular weight excluding hydrogens is 336 g/mol. The molecule has 2 aromatic heterocycles. The van der Waals surface area contributed by atoms with Gasteiger partial charge < -0.3 is 5.11 Å². The van der Waals surface area contributed by atoms with Crippen LogP contribution in [0.25, 0.3) is 5.69 Å². The van der Waals surface area contributed by atoms with Crippen LogP contribution in [-0.2, 0) is 6.54 Å². The van der Waals surface area contributed by atoms with Gasteiger partial charge in [0, 0.05) is 24.5 Å². The molecule has 1 aliphatic heterocycles. The fraction of sp³-hybridized carbons (Fsp3) is 0.364. The lowest BCUT2D eigenvalue weighted by Gasteiger charge is -2.33. The standard InChI is InChI=1S/C22H26N4O/c1-17-5-4-6-20(13-17)26-16-18(14-24-26)15-25-11-8-19(9-12-25)22(27)21-7-2-3-10-23-21/h2-7,10,13-14,16,19,22,27H,8-9,11-12,15H2,1H3. The Morgan fingerprint density at radius 1 is 1.15 bits per heavy atom. The number of aliphatic hydroxyl groups excluding tert-OH is 1. The minimum atomic E-state index is -0.461. The van der Waals surface area contributed by atoms with Gasteiger partial charge in [-0.2, -0.15) is 5.10 Å². The molecule has 1 aliphatic rings. The summed E-state index contributed by atoms with van der Waals surface area (Å²) >= 11 is 0. The molecule has 4 rings (SSSR count). The Morgan fingerprint density at radius 3 is 2.74 bits per heavy atom. The Bertz CT molecular complexity index is 869. The molecule has 0 radical (unpaired) electrons. The average Bonchev–Trinajstić information content (AvgIpc) is 3.17. The second-order valence-corrected chi connectivity index (χ2v) is 7.45. The van der Waals surface area contributed by atoms with E-state index in [4.69, 9.17) is 0 Å². The van der Waals surface area contributed by atoms with Crippen molar-refractivity contribution in [2.75, 3.05) is 13.1 Å². The number of rotatable bonds is 5. The van der Waals surface area contributed by atoms with E-state index in [2.05, 4.69) is 52.4 Å². The third-order valence-corrected chi connectivity index (χ3v) is 5.38. The third kappa shape index (κ3) is 4.26. The normalized spacial score (nSPS) is 17.1. The van der Waals surface area contributed by atoms with E-state index in [0.717, 1.165) is 43.9 Å². The molecule has 0 aliphatic carbocycles. The first-order valence-electron chi connectivity index (χ1n) is 9.61. The molecule has 1 aromatic carbocycles. The summed E-state index contributed by atoms with van der Waals surface area (Å²) in [5, 5.41) is 15.1. The number of aryl methyl sites for hydroxylation is 1. The van der Waals surface area contributed by atoms with Crippen molar-refractivity contribution in [1.29, 1.82) is 0 Å². The highest BCUT2D eigenvalue weighted by molar-refractivity contribution is 5.35. The number of aliphatic hydroxyl groups is 1. The van der Waals surface area contributed by atoms with E-state index in [1.807, 2.05) is 29.1 Å². The Labute approximate surface area is 160 Å². The van der Waals surface area contributed by atoms with E-state index >= 15 is 0 Å². The first kappa shape index (κ1) is 17.9. The summed E-state index contributed by atoms with van der Waals surface area (Å²) in [4.78, 5) is 6.75. The van der Waals surface area contributed by atoms with Gasteiger partial charge in [0.1, 0.15) is 0 Å². The predicted octanol–water partition coefficient (Wildman–Crippen LogP) is 3.52. The minimum Gasteiger partial charge on any atom is -0.387 e. The Balaban J connectivity index is 1.33. The van der Waals surface area contributed by atoms with Crippen LogP contribution in [0.5, 0.6) is 0 Å². The number of likely N-dealkylation sites (tertiary alicyclic amines) is 1. The Hall–Kier alpha value is -2.50. The van der Waals surface area contributed by atoms with Crippen molar-refractivity contribution in [3.63, 3.8) is 0 Å². The average molecular weight is 362 g/mol. The lowest BCUT2D eigenvalue weighted by Crippen LogP contribution is -2.35. The zero-order valence-electron chi connectivity index (χ0n) is 15.7. The minimum absolute atomic E-state index is 0.283. The van der Waals surface area contributed by atoms with Crippen LogP contribution in [0, 0.1) is 12.8 Å². The monoisotopic (exact) mass is 362 g/mol. The van der Waals surface area contributed by atoms with Crippen molar-refractivity contribution in [1.82, 2.24) is 19.7 Å². The van der Waals surface area contributed by atoms with Crippen molar-refractivity contribution in [3.05, 3.63) is 77.9 Å². The van der Waals surface area contributed by atoms with E-state index in [0.29, 0.717) is 0 Å². The Kier molecular flexibility index (Phi) is 5.32. The quantitative estimate of drug-likeness (QED) is 0.754. The van der Waals surface area contributed by atoms with Gasteiger partial charge in [0.2, 0.25) is 0 Å². The largest absolute Gasteiger partial charge is 0.387 e. The van der Waals surface area contributed by atoms with Crippen LogP contribution in [-0.4, -0.2) is 37.9 Å². The molecule has 1 atom stereocenters. The van der Waals surface area contributed by atoms with Crippen molar-refractivity contribution in [2.45, 2.75) is 32.4 Å². The van der Waals surface area contributed by atoms with E-state index in [1.165, 1.54) is 11.1 Å². The zero-order chi connectivity index (χ0) is 18.6. The molecule has 5 heteroatoms. The number of nitrogens with zero attached hydrogens (tertiary/aromatic N) is 4. The van der Waals surface area contributed by atoms with Crippen molar-refractivity contribution in [2.24, 2.45) is 5.92 Å². The molecule has 1 N–H and O–H groups in total. The summed E-state index contributed by atoms with van der Waals surface area (Å²) in [6, 6.07) is 14.1. The number of hydrogen-bond acceptors (Lipinski definition) is 4. The fourth-order valence-electron chi connectivity index (χ4n) is 3.83. The van der Waals surface area contributed by atoms with Crippen LogP contribution in [0.2, 0.25) is 0 Å². The molecule has 0 spiro atoms. The predicted molar refractivity (Wildman–Crippen MR) is 105 cm³/mol. The van der Waals surface area contributed by atoms with Gasteiger partial charge >= 0.3 is 0 Å². The molecule has 27 heavy (non-hydrogen) atoms. The van der Waals surface area contributed by atoms with Crippen molar-refractivity contribution < 1.29 is 5.11 Å². The molecule has 0 saturated carbocycles. The van der Waals surface area contributed by atoms with E-state index < -0.39 is 6.10 Å². The van der Waals surface area contributed by atoms with E-state index in [1.54, 1.807) is 6.20 Å². The van der Waals surface area contributed by atoms with Gasteiger partial charge in [-0.3, -0.25) is 9.88 Å².